The number of aromatic amines is 2. The highest BCUT2D eigenvalue weighted by Crippen LogP contribution is 2.33. The predicted octanol–water partition coefficient (Wildman–Crippen LogP) is 5.61. The molecule has 0 spiro atoms. The first kappa shape index (κ1) is 37.8. The lowest BCUT2D eigenvalue weighted by molar-refractivity contribution is -0.136. The number of imidazole rings is 2. The number of carbonyl (C=O) groups excluding carboxylic acids is 4. The smallest absolute Gasteiger partial charge is 0.407 e. The zero-order chi connectivity index (χ0) is 37.4. The van der Waals surface area contributed by atoms with Gasteiger partial charge in [0.1, 0.15) is 23.7 Å². The molecule has 14 nitrogen and oxygen atoms in total. The standard InChI is InChI=1S/C38H50N8O6/c1-23(2)31(43-37(49)51-5)35(47)45-19-9-13-29(45)33-39-21-27(41-33)12-8-7-11-25-15-17-26(18-16-25)28-22-40-34(42-28)30-14-10-20-46(30)36(48)32(24(3)4)44-38(50)52-6/h7-8,11-12,15-18,21-24,29-32H,9-10,13-14,19-20H2,1-6H3,(H,39,41)(H,40,42)(H,43,49)(H,44,50)/t29-,30-,31-,32-/m0/s1. The van der Waals surface area contributed by atoms with Crippen molar-refractivity contribution in [2.75, 3.05) is 27.3 Å². The largest absolute Gasteiger partial charge is 0.453 e. The van der Waals surface area contributed by atoms with Gasteiger partial charge in [-0.2, -0.15) is 0 Å². The minimum Gasteiger partial charge on any atom is -0.453 e. The fraction of sp³-hybridized carbons (Fsp3) is 0.474. The summed E-state index contributed by atoms with van der Waals surface area (Å²) in [6.07, 6.45) is 13.4. The van der Waals surface area contributed by atoms with Crippen molar-refractivity contribution in [1.82, 2.24) is 40.4 Å². The third-order valence-corrected chi connectivity index (χ3v) is 9.59. The van der Waals surface area contributed by atoms with Crippen LogP contribution in [0.25, 0.3) is 23.4 Å². The topological polar surface area (TPSA) is 175 Å². The van der Waals surface area contributed by atoms with Gasteiger partial charge in [-0.1, -0.05) is 70.2 Å². The zero-order valence-electron chi connectivity index (χ0n) is 30.7. The van der Waals surface area contributed by atoms with Gasteiger partial charge in [0.05, 0.1) is 50.1 Å². The number of benzene rings is 1. The van der Waals surface area contributed by atoms with E-state index in [2.05, 4.69) is 30.6 Å². The average molecular weight is 715 g/mol. The molecule has 4 N–H and O–H groups in total. The fourth-order valence-corrected chi connectivity index (χ4v) is 6.74. The number of nitrogens with one attached hydrogen (secondary N) is 4. The maximum atomic E-state index is 13.5. The van der Waals surface area contributed by atoms with Crippen molar-refractivity contribution in [3.8, 4) is 11.3 Å². The molecule has 1 aromatic carbocycles. The third-order valence-electron chi connectivity index (χ3n) is 9.59. The number of H-pyrrole nitrogens is 2. The number of likely N-dealkylation sites (tertiary alicyclic amines) is 2. The summed E-state index contributed by atoms with van der Waals surface area (Å²) in [5.74, 6) is 0.958. The highest BCUT2D eigenvalue weighted by atomic mass is 16.5. The Morgan fingerprint density at radius 3 is 1.77 bits per heavy atom. The van der Waals surface area contributed by atoms with Crippen LogP contribution in [0.2, 0.25) is 0 Å². The van der Waals surface area contributed by atoms with Crippen LogP contribution in [-0.4, -0.2) is 93.1 Å². The first-order valence-corrected chi connectivity index (χ1v) is 17.9. The second-order valence-corrected chi connectivity index (χ2v) is 13.8. The molecule has 2 saturated heterocycles. The molecule has 2 fully saturated rings. The van der Waals surface area contributed by atoms with Crippen molar-refractivity contribution in [1.29, 1.82) is 0 Å². The van der Waals surface area contributed by atoms with Gasteiger partial charge < -0.3 is 39.9 Å². The summed E-state index contributed by atoms with van der Waals surface area (Å²) in [6.45, 7) is 8.77. The monoisotopic (exact) mass is 714 g/mol. The summed E-state index contributed by atoms with van der Waals surface area (Å²) in [5, 5.41) is 5.36. The van der Waals surface area contributed by atoms with Gasteiger partial charge in [-0.05, 0) is 54.7 Å². The van der Waals surface area contributed by atoms with E-state index in [1.54, 1.807) is 22.2 Å². The van der Waals surface area contributed by atoms with E-state index in [1.165, 1.54) is 14.2 Å². The van der Waals surface area contributed by atoms with Gasteiger partial charge in [-0.15, -0.1) is 0 Å². The van der Waals surface area contributed by atoms with Crippen molar-refractivity contribution in [2.45, 2.75) is 77.5 Å². The fourth-order valence-electron chi connectivity index (χ4n) is 6.74. The molecule has 0 unspecified atom stereocenters. The van der Waals surface area contributed by atoms with E-state index in [0.717, 1.165) is 59.8 Å². The van der Waals surface area contributed by atoms with E-state index >= 15 is 0 Å². The van der Waals surface area contributed by atoms with Crippen LogP contribution in [0.3, 0.4) is 0 Å². The molecule has 0 bridgehead atoms. The number of amides is 4. The minimum absolute atomic E-state index is 0.0984. The van der Waals surface area contributed by atoms with Crippen molar-refractivity contribution < 1.29 is 28.7 Å². The molecule has 52 heavy (non-hydrogen) atoms. The summed E-state index contributed by atoms with van der Waals surface area (Å²) in [7, 11) is 2.57. The van der Waals surface area contributed by atoms with Crippen LogP contribution in [0, 0.1) is 11.8 Å². The molecule has 2 aliphatic heterocycles. The number of hydrogen-bond donors (Lipinski definition) is 4. The molecule has 4 amide bonds. The van der Waals surface area contributed by atoms with E-state index in [-0.39, 0.29) is 35.7 Å². The second kappa shape index (κ2) is 17.2. The Hall–Kier alpha value is -5.40. The van der Waals surface area contributed by atoms with Crippen LogP contribution in [0.5, 0.6) is 0 Å². The Bertz CT molecular complexity index is 1760. The summed E-state index contributed by atoms with van der Waals surface area (Å²) in [5.41, 5.74) is 3.67. The van der Waals surface area contributed by atoms with Crippen molar-refractivity contribution >= 4 is 36.2 Å². The van der Waals surface area contributed by atoms with Crippen LogP contribution in [0.4, 0.5) is 9.59 Å². The number of aromatic nitrogens is 4. The maximum Gasteiger partial charge on any atom is 0.407 e. The quantitative estimate of drug-likeness (QED) is 0.175. The van der Waals surface area contributed by atoms with E-state index in [9.17, 15) is 19.2 Å². The van der Waals surface area contributed by atoms with Gasteiger partial charge in [0, 0.05) is 13.1 Å². The number of allylic oxidation sites excluding steroid dienone is 2. The van der Waals surface area contributed by atoms with Gasteiger partial charge in [0.2, 0.25) is 11.8 Å². The van der Waals surface area contributed by atoms with Gasteiger partial charge in [-0.3, -0.25) is 9.59 Å². The Labute approximate surface area is 304 Å². The molecule has 0 aliphatic carbocycles. The molecule has 4 heterocycles. The van der Waals surface area contributed by atoms with Crippen LogP contribution < -0.4 is 10.6 Å². The number of alkyl carbamates (subject to hydrolysis) is 2. The third kappa shape index (κ3) is 8.90. The molecule has 0 radical (unpaired) electrons. The van der Waals surface area contributed by atoms with Crippen molar-refractivity contribution in [3.63, 3.8) is 0 Å². The summed E-state index contributed by atoms with van der Waals surface area (Å²) >= 11 is 0. The Morgan fingerprint density at radius 1 is 0.750 bits per heavy atom. The lowest BCUT2D eigenvalue weighted by Crippen LogP contribution is -2.51. The molecule has 3 aromatic rings. The predicted molar refractivity (Wildman–Crippen MR) is 196 cm³/mol. The highest BCUT2D eigenvalue weighted by Gasteiger charge is 2.38. The number of methoxy groups -OCH3 is 2. The maximum absolute atomic E-state index is 13.5. The molecule has 4 atom stereocenters. The number of rotatable bonds is 12. The van der Waals surface area contributed by atoms with Gasteiger partial charge in [0.25, 0.3) is 0 Å². The summed E-state index contributed by atoms with van der Waals surface area (Å²) < 4.78 is 9.46. The highest BCUT2D eigenvalue weighted by molar-refractivity contribution is 5.87. The van der Waals surface area contributed by atoms with Crippen LogP contribution >= 0.6 is 0 Å². The first-order valence-electron chi connectivity index (χ1n) is 17.9. The van der Waals surface area contributed by atoms with Crippen LogP contribution in [-0.2, 0) is 19.1 Å². The molecular weight excluding hydrogens is 664 g/mol. The Balaban J connectivity index is 1.18. The zero-order valence-corrected chi connectivity index (χ0v) is 30.7. The lowest BCUT2D eigenvalue weighted by atomic mass is 10.0. The van der Waals surface area contributed by atoms with E-state index < -0.39 is 24.3 Å². The molecule has 278 valence electrons. The normalized spacial score (nSPS) is 18.8. The number of ether oxygens (including phenoxy) is 2. The molecule has 0 saturated carbocycles. The molecule has 5 rings (SSSR count). The van der Waals surface area contributed by atoms with Gasteiger partial charge in [0.15, 0.2) is 0 Å². The van der Waals surface area contributed by atoms with Gasteiger partial charge in [-0.25, -0.2) is 19.6 Å². The Kier molecular flexibility index (Phi) is 12.5. The SMILES string of the molecule is COC(=O)N[C@H](C(=O)N1CCC[C@H]1c1ncc(C=CC=Cc2ccc(-c3cnc([C@@H]4CCCN4C(=O)[C@@H](NC(=O)OC)C(C)C)[nH]3)cc2)[nH]1)C(C)C. The summed E-state index contributed by atoms with van der Waals surface area (Å²) in [6, 6.07) is 6.34. The summed E-state index contributed by atoms with van der Waals surface area (Å²) in [4.78, 5) is 70.2. The van der Waals surface area contributed by atoms with Crippen LogP contribution in [0.15, 0.2) is 48.8 Å². The van der Waals surface area contributed by atoms with Crippen molar-refractivity contribution in [3.05, 3.63) is 71.7 Å². The van der Waals surface area contributed by atoms with Crippen molar-refractivity contribution in [2.24, 2.45) is 11.8 Å². The molecule has 2 aliphatic rings. The molecule has 14 heteroatoms. The first-order chi connectivity index (χ1) is 25.0. The van der Waals surface area contributed by atoms with Gasteiger partial charge >= 0.3 is 12.2 Å². The number of carbonyl (C=O) groups is 4. The van der Waals surface area contributed by atoms with Crippen LogP contribution in [0.1, 0.15) is 88.4 Å². The number of hydrogen-bond acceptors (Lipinski definition) is 8. The average Bonchev–Trinajstić information content (AvgIpc) is 3.97. The van der Waals surface area contributed by atoms with E-state index in [0.29, 0.717) is 13.1 Å². The molecule has 2 aromatic heterocycles. The lowest BCUT2D eigenvalue weighted by Gasteiger charge is -2.30. The minimum atomic E-state index is -0.683. The second-order valence-electron chi connectivity index (χ2n) is 13.8. The van der Waals surface area contributed by atoms with E-state index in [1.807, 2.05) is 76.3 Å². The van der Waals surface area contributed by atoms with E-state index in [4.69, 9.17) is 9.47 Å². The Morgan fingerprint density at radius 2 is 1.25 bits per heavy atom. The number of nitrogens with zero attached hydrogens (tertiary/aromatic N) is 4. The molecular formula is C38H50N8O6.